The molecule has 0 unspecified atom stereocenters. The molecule has 0 bridgehead atoms. The maximum absolute atomic E-state index is 13.1. The van der Waals surface area contributed by atoms with Crippen molar-refractivity contribution in [2.24, 2.45) is 0 Å². The van der Waals surface area contributed by atoms with E-state index in [1.807, 2.05) is 7.05 Å². The molecule has 1 aromatic carbocycles. The molecule has 1 fully saturated rings. The van der Waals surface area contributed by atoms with Crippen LogP contribution in [0.25, 0.3) is 0 Å². The zero-order valence-electron chi connectivity index (χ0n) is 12.3. The van der Waals surface area contributed by atoms with Gasteiger partial charge in [-0.05, 0) is 50.6 Å². The summed E-state index contributed by atoms with van der Waals surface area (Å²) in [5, 5.41) is 6.24. The van der Waals surface area contributed by atoms with Gasteiger partial charge in [0.15, 0.2) is 0 Å². The van der Waals surface area contributed by atoms with Crippen molar-refractivity contribution in [3.05, 3.63) is 29.6 Å². The Bertz CT molecular complexity index is 481. The molecule has 1 aliphatic rings. The molecule has 3 nitrogen and oxygen atoms in total. The molecule has 4 heteroatoms. The minimum absolute atomic E-state index is 0.00374. The Labute approximate surface area is 120 Å². The van der Waals surface area contributed by atoms with Crippen LogP contribution >= 0.6 is 0 Å². The summed E-state index contributed by atoms with van der Waals surface area (Å²) in [6, 6.07) is 4.43. The van der Waals surface area contributed by atoms with E-state index in [0.29, 0.717) is 12.1 Å². The molecule has 0 atom stereocenters. The van der Waals surface area contributed by atoms with Crippen LogP contribution in [-0.4, -0.2) is 18.5 Å². The van der Waals surface area contributed by atoms with Gasteiger partial charge in [0.2, 0.25) is 5.91 Å². The average molecular weight is 278 g/mol. The van der Waals surface area contributed by atoms with E-state index >= 15 is 0 Å². The van der Waals surface area contributed by atoms with Crippen LogP contribution in [0.5, 0.6) is 0 Å². The highest BCUT2D eigenvalue weighted by Gasteiger charge is 2.32. The molecule has 2 rings (SSSR count). The van der Waals surface area contributed by atoms with E-state index in [1.54, 1.807) is 13.0 Å². The van der Waals surface area contributed by atoms with Gasteiger partial charge in [0.1, 0.15) is 5.82 Å². The van der Waals surface area contributed by atoms with Crippen LogP contribution in [-0.2, 0) is 4.79 Å². The van der Waals surface area contributed by atoms with Crippen molar-refractivity contribution >= 4 is 11.6 Å². The van der Waals surface area contributed by atoms with Crippen LogP contribution in [0.15, 0.2) is 18.2 Å². The van der Waals surface area contributed by atoms with E-state index < -0.39 is 0 Å². The number of rotatable bonds is 4. The second-order valence-electron chi connectivity index (χ2n) is 5.78. The van der Waals surface area contributed by atoms with Crippen molar-refractivity contribution in [1.29, 1.82) is 0 Å². The zero-order chi connectivity index (χ0) is 14.6. The number of carbonyl (C=O) groups is 1. The molecule has 1 aliphatic carbocycles. The molecule has 20 heavy (non-hydrogen) atoms. The molecule has 110 valence electrons. The van der Waals surface area contributed by atoms with Crippen molar-refractivity contribution < 1.29 is 9.18 Å². The summed E-state index contributed by atoms with van der Waals surface area (Å²) in [5.74, 6) is -0.282. The molecule has 0 saturated heterocycles. The van der Waals surface area contributed by atoms with Crippen LogP contribution in [0.2, 0.25) is 0 Å². The molecule has 0 radical (unpaired) electrons. The highest BCUT2D eigenvalue weighted by Crippen LogP contribution is 2.31. The van der Waals surface area contributed by atoms with E-state index in [1.165, 1.54) is 31.4 Å². The van der Waals surface area contributed by atoms with Crippen LogP contribution in [0, 0.1) is 12.7 Å². The van der Waals surface area contributed by atoms with E-state index in [9.17, 15) is 9.18 Å². The Balaban J connectivity index is 2.00. The molecule has 1 saturated carbocycles. The number of aryl methyl sites for hydroxylation is 1. The fourth-order valence-corrected chi connectivity index (χ4v) is 3.01. The van der Waals surface area contributed by atoms with Crippen molar-refractivity contribution in [2.75, 3.05) is 12.4 Å². The second kappa shape index (κ2) is 6.35. The predicted molar refractivity (Wildman–Crippen MR) is 79.3 cm³/mol. The van der Waals surface area contributed by atoms with E-state index in [4.69, 9.17) is 0 Å². The summed E-state index contributed by atoms with van der Waals surface area (Å²) in [4.78, 5) is 12.2. The van der Waals surface area contributed by atoms with Gasteiger partial charge in [-0.25, -0.2) is 4.39 Å². The predicted octanol–water partition coefficient (Wildman–Crippen LogP) is 3.39. The number of nitrogens with one attached hydrogen (secondary N) is 2. The number of halogens is 1. The van der Waals surface area contributed by atoms with Crippen LogP contribution in [0.1, 0.15) is 44.1 Å². The molecule has 2 N–H and O–H groups in total. The van der Waals surface area contributed by atoms with Crippen molar-refractivity contribution in [2.45, 2.75) is 51.0 Å². The summed E-state index contributed by atoms with van der Waals surface area (Å²) in [6.45, 7) is 1.80. The number of hydrogen-bond acceptors (Lipinski definition) is 2. The maximum atomic E-state index is 13.1. The number of benzene rings is 1. The summed E-state index contributed by atoms with van der Waals surface area (Å²) in [7, 11) is 1.93. The Hall–Kier alpha value is -1.42. The van der Waals surface area contributed by atoms with Crippen molar-refractivity contribution in [3.8, 4) is 0 Å². The summed E-state index contributed by atoms with van der Waals surface area (Å²) in [6.07, 6.45) is 6.15. The Kier molecular flexibility index (Phi) is 4.76. The Morgan fingerprint density at radius 1 is 1.30 bits per heavy atom. The highest BCUT2D eigenvalue weighted by molar-refractivity contribution is 5.92. The van der Waals surface area contributed by atoms with E-state index in [2.05, 4.69) is 10.6 Å². The fourth-order valence-electron chi connectivity index (χ4n) is 3.01. The molecule has 1 amide bonds. The summed E-state index contributed by atoms with van der Waals surface area (Å²) < 4.78 is 13.1. The molecule has 0 aromatic heterocycles. The lowest BCUT2D eigenvalue weighted by Gasteiger charge is -2.36. The highest BCUT2D eigenvalue weighted by atomic mass is 19.1. The standard InChI is InChI=1S/C16H23FN2O/c1-12-10-13(17)6-7-14(12)19-15(20)11-16(18-2)8-4-3-5-9-16/h6-7,10,18H,3-5,8-9,11H2,1-2H3,(H,19,20). The van der Waals surface area contributed by atoms with E-state index in [-0.39, 0.29) is 17.3 Å². The first-order valence-corrected chi connectivity index (χ1v) is 7.30. The van der Waals surface area contributed by atoms with E-state index in [0.717, 1.165) is 18.4 Å². The molecule has 0 spiro atoms. The van der Waals surface area contributed by atoms with Gasteiger partial charge in [-0.3, -0.25) is 4.79 Å². The normalized spacial score (nSPS) is 17.8. The molecule has 0 aliphatic heterocycles. The fraction of sp³-hybridized carbons (Fsp3) is 0.562. The maximum Gasteiger partial charge on any atom is 0.226 e. The van der Waals surface area contributed by atoms with Gasteiger partial charge in [0, 0.05) is 17.6 Å². The molecular formula is C16H23FN2O. The van der Waals surface area contributed by atoms with Gasteiger partial charge >= 0.3 is 0 Å². The van der Waals surface area contributed by atoms with Gasteiger partial charge in [0.25, 0.3) is 0 Å². The lowest BCUT2D eigenvalue weighted by atomic mass is 9.79. The third-order valence-corrected chi connectivity index (χ3v) is 4.30. The minimum Gasteiger partial charge on any atom is -0.326 e. The third-order valence-electron chi connectivity index (χ3n) is 4.30. The Morgan fingerprint density at radius 3 is 2.60 bits per heavy atom. The number of carbonyl (C=O) groups excluding carboxylic acids is 1. The summed E-state index contributed by atoms with van der Waals surface area (Å²) in [5.41, 5.74) is 1.37. The van der Waals surface area contributed by atoms with Gasteiger partial charge in [-0.2, -0.15) is 0 Å². The Morgan fingerprint density at radius 2 is 2.00 bits per heavy atom. The first kappa shape index (κ1) is 15.0. The summed E-state index contributed by atoms with van der Waals surface area (Å²) >= 11 is 0. The first-order chi connectivity index (χ1) is 9.54. The third kappa shape index (κ3) is 3.57. The minimum atomic E-state index is -0.278. The first-order valence-electron chi connectivity index (χ1n) is 7.30. The molecule has 0 heterocycles. The molecule has 1 aromatic rings. The zero-order valence-corrected chi connectivity index (χ0v) is 12.3. The van der Waals surface area contributed by atoms with Crippen molar-refractivity contribution in [1.82, 2.24) is 5.32 Å². The van der Waals surface area contributed by atoms with Crippen LogP contribution < -0.4 is 10.6 Å². The SMILES string of the molecule is CNC1(CC(=O)Nc2ccc(F)cc2C)CCCCC1. The van der Waals surface area contributed by atoms with Crippen LogP contribution in [0.3, 0.4) is 0 Å². The lowest BCUT2D eigenvalue weighted by Crippen LogP contribution is -2.47. The number of anilines is 1. The topological polar surface area (TPSA) is 41.1 Å². The van der Waals surface area contributed by atoms with Gasteiger partial charge in [-0.15, -0.1) is 0 Å². The number of amides is 1. The smallest absolute Gasteiger partial charge is 0.226 e. The van der Waals surface area contributed by atoms with Crippen molar-refractivity contribution in [3.63, 3.8) is 0 Å². The van der Waals surface area contributed by atoms with Gasteiger partial charge in [-0.1, -0.05) is 19.3 Å². The lowest BCUT2D eigenvalue weighted by molar-refractivity contribution is -0.117. The van der Waals surface area contributed by atoms with Gasteiger partial charge in [0.05, 0.1) is 0 Å². The monoisotopic (exact) mass is 278 g/mol. The number of hydrogen-bond donors (Lipinski definition) is 2. The second-order valence-corrected chi connectivity index (χ2v) is 5.78. The van der Waals surface area contributed by atoms with Gasteiger partial charge < -0.3 is 10.6 Å². The van der Waals surface area contributed by atoms with Crippen LogP contribution in [0.4, 0.5) is 10.1 Å². The largest absolute Gasteiger partial charge is 0.326 e. The average Bonchev–Trinajstić information content (AvgIpc) is 2.43. The molecular weight excluding hydrogens is 255 g/mol. The quantitative estimate of drug-likeness (QED) is 0.886.